The van der Waals surface area contributed by atoms with Crippen molar-refractivity contribution in [3.63, 3.8) is 0 Å². The van der Waals surface area contributed by atoms with E-state index in [2.05, 4.69) is 26.9 Å². The topological polar surface area (TPSA) is 74.1 Å². The van der Waals surface area contributed by atoms with Crippen LogP contribution in [0.15, 0.2) is 54.6 Å². The molecule has 4 rings (SSSR count). The minimum Gasteiger partial charge on any atom is -0.423 e. The number of nitrogens with zero attached hydrogens (tertiary/aromatic N) is 4. The van der Waals surface area contributed by atoms with Crippen molar-refractivity contribution in [1.82, 2.24) is 25.5 Å². The SMILES string of the molecule is c1ccc(-n2nnnc2Oc2cccc(CNC[C@@H]3CCCO3)c2)cc1. The van der Waals surface area contributed by atoms with Gasteiger partial charge in [-0.3, -0.25) is 0 Å². The van der Waals surface area contributed by atoms with Gasteiger partial charge < -0.3 is 14.8 Å². The molecule has 1 aromatic heterocycles. The van der Waals surface area contributed by atoms with Gasteiger partial charge in [-0.15, -0.1) is 0 Å². The molecule has 0 unspecified atom stereocenters. The van der Waals surface area contributed by atoms with E-state index in [1.165, 1.54) is 0 Å². The van der Waals surface area contributed by atoms with Crippen molar-refractivity contribution in [2.24, 2.45) is 0 Å². The lowest BCUT2D eigenvalue weighted by atomic mass is 10.2. The van der Waals surface area contributed by atoms with Crippen LogP contribution in [0.3, 0.4) is 0 Å². The molecule has 1 N–H and O–H groups in total. The molecule has 0 radical (unpaired) electrons. The van der Waals surface area contributed by atoms with Crippen LogP contribution >= 0.6 is 0 Å². The number of aromatic nitrogens is 4. The van der Waals surface area contributed by atoms with Gasteiger partial charge in [-0.2, -0.15) is 4.68 Å². The summed E-state index contributed by atoms with van der Waals surface area (Å²) in [6, 6.07) is 17.9. The van der Waals surface area contributed by atoms with E-state index < -0.39 is 0 Å². The second-order valence-electron chi connectivity index (χ2n) is 6.22. The van der Waals surface area contributed by atoms with E-state index in [4.69, 9.17) is 9.47 Å². The molecule has 0 amide bonds. The Labute approximate surface area is 151 Å². The summed E-state index contributed by atoms with van der Waals surface area (Å²) in [7, 11) is 0. The number of hydrogen-bond acceptors (Lipinski definition) is 6. The van der Waals surface area contributed by atoms with Crippen molar-refractivity contribution in [1.29, 1.82) is 0 Å². The molecule has 1 atom stereocenters. The monoisotopic (exact) mass is 351 g/mol. The summed E-state index contributed by atoms with van der Waals surface area (Å²) < 4.78 is 13.1. The zero-order valence-electron chi connectivity index (χ0n) is 14.4. The van der Waals surface area contributed by atoms with Crippen LogP contribution < -0.4 is 10.1 Å². The summed E-state index contributed by atoms with van der Waals surface area (Å²) in [5.74, 6) is 0.702. The third-order valence-corrected chi connectivity index (χ3v) is 4.27. The lowest BCUT2D eigenvalue weighted by molar-refractivity contribution is 0.110. The van der Waals surface area contributed by atoms with Crippen molar-refractivity contribution in [2.75, 3.05) is 13.2 Å². The molecule has 1 fully saturated rings. The largest absolute Gasteiger partial charge is 0.423 e. The average Bonchev–Trinajstić information content (AvgIpc) is 3.35. The molecule has 2 aromatic carbocycles. The highest BCUT2D eigenvalue weighted by Crippen LogP contribution is 2.22. The molecule has 7 heteroatoms. The van der Waals surface area contributed by atoms with Crippen LogP contribution in [0, 0.1) is 0 Å². The third kappa shape index (κ3) is 4.07. The van der Waals surface area contributed by atoms with E-state index in [-0.39, 0.29) is 0 Å². The highest BCUT2D eigenvalue weighted by molar-refractivity contribution is 5.34. The molecule has 134 valence electrons. The van der Waals surface area contributed by atoms with Gasteiger partial charge in [-0.25, -0.2) is 0 Å². The van der Waals surface area contributed by atoms with Gasteiger partial charge in [0.15, 0.2) is 0 Å². The molecule has 0 saturated carbocycles. The number of rotatable bonds is 7. The normalized spacial score (nSPS) is 16.7. The van der Waals surface area contributed by atoms with E-state index in [1.807, 2.05) is 48.5 Å². The summed E-state index contributed by atoms with van der Waals surface area (Å²) in [5.41, 5.74) is 1.99. The first-order chi connectivity index (χ1) is 12.9. The number of nitrogens with one attached hydrogen (secondary N) is 1. The van der Waals surface area contributed by atoms with Gasteiger partial charge in [0, 0.05) is 19.7 Å². The Morgan fingerprint density at radius 1 is 1.15 bits per heavy atom. The fourth-order valence-electron chi connectivity index (χ4n) is 2.98. The first kappa shape index (κ1) is 16.7. The molecule has 7 nitrogen and oxygen atoms in total. The quantitative estimate of drug-likeness (QED) is 0.705. The molecule has 26 heavy (non-hydrogen) atoms. The van der Waals surface area contributed by atoms with Crippen molar-refractivity contribution < 1.29 is 9.47 Å². The zero-order chi connectivity index (χ0) is 17.6. The van der Waals surface area contributed by atoms with Gasteiger partial charge in [-0.1, -0.05) is 35.4 Å². The fourth-order valence-corrected chi connectivity index (χ4v) is 2.98. The number of hydrogen-bond donors (Lipinski definition) is 1. The van der Waals surface area contributed by atoms with E-state index >= 15 is 0 Å². The molecular weight excluding hydrogens is 330 g/mol. The van der Waals surface area contributed by atoms with Crippen LogP contribution in [0.5, 0.6) is 11.8 Å². The fraction of sp³-hybridized carbons (Fsp3) is 0.316. The summed E-state index contributed by atoms with van der Waals surface area (Å²) in [6.45, 7) is 2.52. The number of tetrazole rings is 1. The maximum atomic E-state index is 5.90. The van der Waals surface area contributed by atoms with Crippen LogP contribution in [0.2, 0.25) is 0 Å². The van der Waals surface area contributed by atoms with Crippen LogP contribution in [0.4, 0.5) is 0 Å². The Morgan fingerprint density at radius 3 is 2.92 bits per heavy atom. The van der Waals surface area contributed by atoms with E-state index in [1.54, 1.807) is 4.68 Å². The highest BCUT2D eigenvalue weighted by Gasteiger charge is 2.14. The summed E-state index contributed by atoms with van der Waals surface area (Å²) in [5, 5.41) is 15.1. The van der Waals surface area contributed by atoms with E-state index in [0.29, 0.717) is 17.9 Å². The second-order valence-corrected chi connectivity index (χ2v) is 6.22. The molecule has 0 bridgehead atoms. The molecular formula is C19H21N5O2. The Hall–Kier alpha value is -2.77. The van der Waals surface area contributed by atoms with Gasteiger partial charge in [0.1, 0.15) is 5.75 Å². The number of para-hydroxylation sites is 1. The molecule has 1 saturated heterocycles. The number of benzene rings is 2. The molecule has 1 aliphatic heterocycles. The van der Waals surface area contributed by atoms with Crippen molar-refractivity contribution in [3.05, 3.63) is 60.2 Å². The molecule has 1 aliphatic rings. The van der Waals surface area contributed by atoms with Crippen molar-refractivity contribution in [3.8, 4) is 17.4 Å². The summed E-state index contributed by atoms with van der Waals surface area (Å²) in [6.07, 6.45) is 2.63. The van der Waals surface area contributed by atoms with Gasteiger partial charge >= 0.3 is 6.01 Å². The zero-order valence-corrected chi connectivity index (χ0v) is 14.4. The minimum absolute atomic E-state index is 0.334. The lowest BCUT2D eigenvalue weighted by Gasteiger charge is -2.11. The Morgan fingerprint density at radius 2 is 2.08 bits per heavy atom. The number of ether oxygens (including phenoxy) is 2. The van der Waals surface area contributed by atoms with Gasteiger partial charge in [0.2, 0.25) is 0 Å². The second kappa shape index (κ2) is 8.07. The molecule has 0 spiro atoms. The molecule has 2 heterocycles. The van der Waals surface area contributed by atoms with E-state index in [9.17, 15) is 0 Å². The maximum absolute atomic E-state index is 5.90. The molecule has 3 aromatic rings. The lowest BCUT2D eigenvalue weighted by Crippen LogP contribution is -2.25. The van der Waals surface area contributed by atoms with Crippen LogP contribution in [0.25, 0.3) is 5.69 Å². The minimum atomic E-state index is 0.334. The maximum Gasteiger partial charge on any atom is 0.345 e. The Kier molecular flexibility index (Phi) is 5.18. The predicted octanol–water partition coefficient (Wildman–Crippen LogP) is 2.72. The first-order valence-electron chi connectivity index (χ1n) is 8.81. The molecule has 0 aliphatic carbocycles. The van der Waals surface area contributed by atoms with Crippen molar-refractivity contribution in [2.45, 2.75) is 25.5 Å². The van der Waals surface area contributed by atoms with Gasteiger partial charge in [0.25, 0.3) is 0 Å². The van der Waals surface area contributed by atoms with Crippen LogP contribution in [-0.4, -0.2) is 39.5 Å². The standard InChI is InChI=1S/C19H21N5O2/c1-2-7-16(8-3-1)24-19(21-22-23-24)26-17-9-4-6-15(12-17)13-20-14-18-10-5-11-25-18/h1-4,6-9,12,18,20H,5,10-11,13-14H2/t18-/m0/s1. The average molecular weight is 351 g/mol. The Bertz CT molecular complexity index is 831. The first-order valence-corrected chi connectivity index (χ1v) is 8.81. The summed E-state index contributed by atoms with van der Waals surface area (Å²) in [4.78, 5) is 0. The summed E-state index contributed by atoms with van der Waals surface area (Å²) >= 11 is 0. The van der Waals surface area contributed by atoms with Crippen LogP contribution in [0.1, 0.15) is 18.4 Å². The van der Waals surface area contributed by atoms with Crippen molar-refractivity contribution >= 4 is 0 Å². The van der Waals surface area contributed by atoms with Gasteiger partial charge in [-0.05, 0) is 53.1 Å². The predicted molar refractivity (Wildman–Crippen MR) is 96.4 cm³/mol. The Balaban J connectivity index is 1.40. The third-order valence-electron chi connectivity index (χ3n) is 4.27. The smallest absolute Gasteiger partial charge is 0.345 e. The van der Waals surface area contributed by atoms with Crippen LogP contribution in [-0.2, 0) is 11.3 Å². The van der Waals surface area contributed by atoms with E-state index in [0.717, 1.165) is 43.8 Å². The van der Waals surface area contributed by atoms with Gasteiger partial charge in [0.05, 0.1) is 11.8 Å². The highest BCUT2D eigenvalue weighted by atomic mass is 16.5.